The highest BCUT2D eigenvalue weighted by atomic mass is 16.5. The predicted octanol–water partition coefficient (Wildman–Crippen LogP) is 4.12. The van der Waals surface area contributed by atoms with E-state index in [0.29, 0.717) is 29.6 Å². The summed E-state index contributed by atoms with van der Waals surface area (Å²) in [7, 11) is 0. The zero-order chi connectivity index (χ0) is 21.9. The van der Waals surface area contributed by atoms with Gasteiger partial charge in [0.05, 0.1) is 29.5 Å². The second-order valence-corrected chi connectivity index (χ2v) is 9.76. The fourth-order valence-corrected chi connectivity index (χ4v) is 4.42. The lowest BCUT2D eigenvalue weighted by Crippen LogP contribution is -2.43. The van der Waals surface area contributed by atoms with Crippen molar-refractivity contribution in [3.8, 4) is 0 Å². The molecule has 1 aliphatic rings. The van der Waals surface area contributed by atoms with Gasteiger partial charge in [0.25, 0.3) is 0 Å². The molecular weight excluding hydrogens is 380 g/mol. The van der Waals surface area contributed by atoms with Gasteiger partial charge < -0.3 is 10.3 Å². The minimum Gasteiger partial charge on any atom is -0.345 e. The maximum atomic E-state index is 13.3. The van der Waals surface area contributed by atoms with E-state index in [9.17, 15) is 14.8 Å². The SMILES string of the molecule is Cc1ccc2nc(C(NC(=O)[C@H](CC3CCCC3)CN(O)C=O)C(C)(C)C)[nH]c2c1. The predicted molar refractivity (Wildman–Crippen MR) is 116 cm³/mol. The number of hydrogen-bond acceptors (Lipinski definition) is 4. The summed E-state index contributed by atoms with van der Waals surface area (Å²) in [6, 6.07) is 5.71. The van der Waals surface area contributed by atoms with E-state index in [4.69, 9.17) is 4.98 Å². The summed E-state index contributed by atoms with van der Waals surface area (Å²) in [5.41, 5.74) is 2.67. The molecule has 1 aliphatic carbocycles. The number of H-pyrrole nitrogens is 1. The number of hydroxylamine groups is 2. The zero-order valence-electron chi connectivity index (χ0n) is 18.4. The number of hydrogen-bond donors (Lipinski definition) is 3. The van der Waals surface area contributed by atoms with Gasteiger partial charge in [-0.1, -0.05) is 52.5 Å². The zero-order valence-corrected chi connectivity index (χ0v) is 18.4. The summed E-state index contributed by atoms with van der Waals surface area (Å²) < 4.78 is 0. The molecule has 30 heavy (non-hydrogen) atoms. The third kappa shape index (κ3) is 5.39. The molecule has 2 amide bonds. The van der Waals surface area contributed by atoms with Crippen LogP contribution in [-0.2, 0) is 9.59 Å². The van der Waals surface area contributed by atoms with Crippen LogP contribution in [0, 0.1) is 24.2 Å². The highest BCUT2D eigenvalue weighted by molar-refractivity contribution is 5.80. The van der Waals surface area contributed by atoms with Crippen molar-refractivity contribution in [2.75, 3.05) is 6.54 Å². The first-order chi connectivity index (χ1) is 14.2. The van der Waals surface area contributed by atoms with Gasteiger partial charge in [0, 0.05) is 0 Å². The van der Waals surface area contributed by atoms with Crippen molar-refractivity contribution in [2.45, 2.75) is 65.8 Å². The van der Waals surface area contributed by atoms with Gasteiger partial charge in [-0.05, 0) is 42.4 Å². The van der Waals surface area contributed by atoms with E-state index in [1.54, 1.807) is 0 Å². The normalized spacial score (nSPS) is 17.1. The summed E-state index contributed by atoms with van der Waals surface area (Å²) in [5, 5.41) is 13.5. The van der Waals surface area contributed by atoms with Crippen molar-refractivity contribution in [2.24, 2.45) is 17.3 Å². The average molecular weight is 415 g/mol. The Morgan fingerprint density at radius 1 is 1.37 bits per heavy atom. The van der Waals surface area contributed by atoms with Gasteiger partial charge in [-0.15, -0.1) is 0 Å². The molecule has 1 heterocycles. The van der Waals surface area contributed by atoms with Crippen LogP contribution in [0.4, 0.5) is 0 Å². The highest BCUT2D eigenvalue weighted by Crippen LogP contribution is 2.34. The molecule has 0 radical (unpaired) electrons. The average Bonchev–Trinajstić information content (AvgIpc) is 3.33. The lowest BCUT2D eigenvalue weighted by Gasteiger charge is -2.32. The molecule has 1 fully saturated rings. The Labute approximate surface area is 178 Å². The van der Waals surface area contributed by atoms with Crippen LogP contribution in [0.25, 0.3) is 11.0 Å². The number of benzene rings is 1. The van der Waals surface area contributed by atoms with Crippen molar-refractivity contribution in [3.05, 3.63) is 29.6 Å². The van der Waals surface area contributed by atoms with Crippen LogP contribution in [0.5, 0.6) is 0 Å². The molecule has 2 atom stereocenters. The molecule has 3 rings (SSSR count). The first-order valence-electron chi connectivity index (χ1n) is 10.8. The van der Waals surface area contributed by atoms with Crippen LogP contribution < -0.4 is 5.32 Å². The highest BCUT2D eigenvalue weighted by Gasteiger charge is 2.34. The molecular formula is C23H34N4O3. The Kier molecular flexibility index (Phi) is 6.81. The number of aromatic nitrogens is 2. The third-order valence-corrected chi connectivity index (χ3v) is 6.07. The molecule has 0 aliphatic heterocycles. The second-order valence-electron chi connectivity index (χ2n) is 9.76. The largest absolute Gasteiger partial charge is 0.345 e. The summed E-state index contributed by atoms with van der Waals surface area (Å²) in [6.07, 6.45) is 5.59. The molecule has 2 aromatic rings. The van der Waals surface area contributed by atoms with Gasteiger partial charge in [-0.2, -0.15) is 0 Å². The van der Waals surface area contributed by atoms with Crippen LogP contribution in [0.15, 0.2) is 18.2 Å². The second kappa shape index (κ2) is 9.16. The van der Waals surface area contributed by atoms with Gasteiger partial charge in [0.2, 0.25) is 12.3 Å². The quantitative estimate of drug-likeness (QED) is 0.344. The van der Waals surface area contributed by atoms with Crippen molar-refractivity contribution in [1.82, 2.24) is 20.3 Å². The minimum atomic E-state index is -0.459. The van der Waals surface area contributed by atoms with E-state index in [1.165, 1.54) is 12.8 Å². The monoisotopic (exact) mass is 414 g/mol. The first-order valence-corrected chi connectivity index (χ1v) is 10.8. The lowest BCUT2D eigenvalue weighted by atomic mass is 9.85. The van der Waals surface area contributed by atoms with E-state index in [2.05, 4.69) is 31.1 Å². The number of rotatable bonds is 8. The summed E-state index contributed by atoms with van der Waals surface area (Å²) in [5.74, 6) is 0.564. The van der Waals surface area contributed by atoms with Gasteiger partial charge in [-0.3, -0.25) is 14.8 Å². The number of aromatic amines is 1. The number of carbonyl (C=O) groups excluding carboxylic acids is 2. The van der Waals surface area contributed by atoms with E-state index >= 15 is 0 Å². The Balaban J connectivity index is 1.83. The Hall–Kier alpha value is -2.41. The molecule has 7 heteroatoms. The third-order valence-electron chi connectivity index (χ3n) is 6.07. The smallest absolute Gasteiger partial charge is 0.233 e. The fraction of sp³-hybridized carbons (Fsp3) is 0.609. The molecule has 1 unspecified atom stereocenters. The van der Waals surface area contributed by atoms with Gasteiger partial charge in [-0.25, -0.2) is 10.0 Å². The molecule has 0 bridgehead atoms. The molecule has 0 saturated heterocycles. The van der Waals surface area contributed by atoms with E-state index in [0.717, 1.165) is 29.4 Å². The number of aryl methyl sites for hydroxylation is 1. The van der Waals surface area contributed by atoms with Gasteiger partial charge >= 0.3 is 0 Å². The lowest BCUT2D eigenvalue weighted by molar-refractivity contribution is -0.155. The summed E-state index contributed by atoms with van der Waals surface area (Å²) in [4.78, 5) is 32.3. The Morgan fingerprint density at radius 3 is 2.70 bits per heavy atom. The summed E-state index contributed by atoms with van der Waals surface area (Å²) >= 11 is 0. The summed E-state index contributed by atoms with van der Waals surface area (Å²) in [6.45, 7) is 8.22. The molecule has 164 valence electrons. The maximum absolute atomic E-state index is 13.3. The minimum absolute atomic E-state index is 0.00201. The van der Waals surface area contributed by atoms with E-state index < -0.39 is 5.92 Å². The topological polar surface area (TPSA) is 98.3 Å². The van der Waals surface area contributed by atoms with Crippen LogP contribution >= 0.6 is 0 Å². The van der Waals surface area contributed by atoms with Crippen LogP contribution in [-0.4, -0.2) is 39.1 Å². The number of nitrogens with one attached hydrogen (secondary N) is 2. The number of nitrogens with zero attached hydrogens (tertiary/aromatic N) is 2. The van der Waals surface area contributed by atoms with Crippen molar-refractivity contribution in [3.63, 3.8) is 0 Å². The number of amides is 2. The molecule has 0 spiro atoms. The van der Waals surface area contributed by atoms with Gasteiger partial charge in [0.1, 0.15) is 5.82 Å². The van der Waals surface area contributed by atoms with Crippen molar-refractivity contribution in [1.29, 1.82) is 0 Å². The molecule has 1 aromatic heterocycles. The van der Waals surface area contributed by atoms with E-state index in [-0.39, 0.29) is 23.9 Å². The standard InChI is InChI=1S/C23H34N4O3/c1-15-9-10-18-19(11-15)25-21(24-18)20(23(2,3)4)26-22(29)17(13-27(30)14-28)12-16-7-5-6-8-16/h9-11,14,16-17,20,30H,5-8,12-13H2,1-4H3,(H,24,25)(H,26,29)/t17-,20?/m1/s1. The maximum Gasteiger partial charge on any atom is 0.233 e. The van der Waals surface area contributed by atoms with Crippen LogP contribution in [0.2, 0.25) is 0 Å². The Bertz CT molecular complexity index is 880. The van der Waals surface area contributed by atoms with Gasteiger partial charge in [0.15, 0.2) is 0 Å². The molecule has 1 saturated carbocycles. The van der Waals surface area contributed by atoms with Crippen molar-refractivity contribution >= 4 is 23.4 Å². The molecule has 7 nitrogen and oxygen atoms in total. The van der Waals surface area contributed by atoms with Crippen LogP contribution in [0.3, 0.4) is 0 Å². The number of imidazole rings is 1. The van der Waals surface area contributed by atoms with Crippen LogP contribution in [0.1, 0.15) is 70.3 Å². The molecule has 1 aromatic carbocycles. The molecule has 3 N–H and O–H groups in total. The first kappa shape index (κ1) is 22.3. The number of fused-ring (bicyclic) bond motifs is 1. The Morgan fingerprint density at radius 2 is 2.07 bits per heavy atom. The number of carbonyl (C=O) groups is 2. The van der Waals surface area contributed by atoms with E-state index in [1.807, 2.05) is 25.1 Å². The van der Waals surface area contributed by atoms with Crippen molar-refractivity contribution < 1.29 is 14.8 Å². The fourth-order valence-electron chi connectivity index (χ4n) is 4.42.